The van der Waals surface area contributed by atoms with Crippen LogP contribution in [-0.4, -0.2) is 5.78 Å². The molecular weight excluding hydrogens is 460 g/mol. The fraction of sp³-hybridized carbons (Fsp3) is 0.541. The van der Waals surface area contributed by atoms with Crippen molar-refractivity contribution in [3.63, 3.8) is 0 Å². The predicted octanol–water partition coefficient (Wildman–Crippen LogP) is 10.6. The Hall–Kier alpha value is -2.41. The van der Waals surface area contributed by atoms with Crippen molar-refractivity contribution in [3.05, 3.63) is 93.6 Å². The maximum absolute atomic E-state index is 13.2. The molecule has 3 aliphatic rings. The summed E-state index contributed by atoms with van der Waals surface area (Å²) in [6.07, 6.45) is 22.9. The van der Waals surface area contributed by atoms with Gasteiger partial charge in [0.2, 0.25) is 0 Å². The quantitative estimate of drug-likeness (QED) is 0.218. The van der Waals surface area contributed by atoms with Gasteiger partial charge in [0.25, 0.3) is 0 Å². The van der Waals surface area contributed by atoms with Crippen molar-refractivity contribution in [3.8, 4) is 0 Å². The molecule has 0 spiro atoms. The molecule has 2 aromatic rings. The molecule has 2 aromatic carbocycles. The summed E-state index contributed by atoms with van der Waals surface area (Å²) < 4.78 is 0. The molecule has 202 valence electrons. The first-order valence-corrected chi connectivity index (χ1v) is 15.6. The van der Waals surface area contributed by atoms with Crippen LogP contribution in [0.4, 0.5) is 0 Å². The van der Waals surface area contributed by atoms with Crippen molar-refractivity contribution in [2.24, 2.45) is 5.92 Å². The second-order valence-electron chi connectivity index (χ2n) is 12.7. The number of hydrogen-bond acceptors (Lipinski definition) is 1. The molecule has 0 atom stereocenters. The highest BCUT2D eigenvalue weighted by Crippen LogP contribution is 2.42. The first-order chi connectivity index (χ1) is 18.6. The smallest absolute Gasteiger partial charge is 0.162 e. The molecule has 0 amide bonds. The van der Waals surface area contributed by atoms with Crippen LogP contribution >= 0.6 is 0 Å². The molecule has 38 heavy (non-hydrogen) atoms. The number of aryl methyl sites for hydroxylation is 2. The van der Waals surface area contributed by atoms with Gasteiger partial charge in [0.15, 0.2) is 5.78 Å². The van der Waals surface area contributed by atoms with E-state index in [1.54, 1.807) is 11.1 Å². The third-order valence-electron chi connectivity index (χ3n) is 9.83. The first kappa shape index (κ1) is 27.2. The predicted molar refractivity (Wildman–Crippen MR) is 161 cm³/mol. The fourth-order valence-electron chi connectivity index (χ4n) is 7.52. The van der Waals surface area contributed by atoms with E-state index in [1.165, 1.54) is 86.5 Å². The average molecular weight is 509 g/mol. The number of rotatable bonds is 11. The average Bonchev–Trinajstić information content (AvgIpc) is 3.62. The molecule has 0 unspecified atom stereocenters. The van der Waals surface area contributed by atoms with Crippen LogP contribution in [-0.2, 0) is 6.42 Å². The van der Waals surface area contributed by atoms with Gasteiger partial charge in [0.05, 0.1) is 0 Å². The van der Waals surface area contributed by atoms with Gasteiger partial charge < -0.3 is 0 Å². The number of allylic oxidation sites excluding steroid dienone is 4. The lowest BCUT2D eigenvalue weighted by Gasteiger charge is -2.31. The lowest BCUT2D eigenvalue weighted by Crippen LogP contribution is -2.15. The summed E-state index contributed by atoms with van der Waals surface area (Å²) in [5.41, 5.74) is 9.91. The number of Topliss-reactive ketones (excluding diaryl/α,β-unsaturated/α-hetero) is 1. The van der Waals surface area contributed by atoms with Crippen molar-refractivity contribution < 1.29 is 4.79 Å². The van der Waals surface area contributed by atoms with Crippen LogP contribution in [0.5, 0.6) is 0 Å². The highest BCUT2D eigenvalue weighted by molar-refractivity contribution is 5.96. The van der Waals surface area contributed by atoms with E-state index in [0.717, 1.165) is 37.2 Å². The Morgan fingerprint density at radius 1 is 0.789 bits per heavy atom. The van der Waals surface area contributed by atoms with Gasteiger partial charge in [-0.15, -0.1) is 0 Å². The lowest BCUT2D eigenvalue weighted by atomic mass is 9.74. The van der Waals surface area contributed by atoms with E-state index in [4.69, 9.17) is 0 Å². The van der Waals surface area contributed by atoms with E-state index in [9.17, 15) is 4.79 Å². The molecule has 5 rings (SSSR count). The van der Waals surface area contributed by atoms with Crippen LogP contribution < -0.4 is 0 Å². The molecule has 0 bridgehead atoms. The molecule has 2 saturated carbocycles. The molecule has 0 aliphatic heterocycles. The van der Waals surface area contributed by atoms with Gasteiger partial charge in [0.1, 0.15) is 0 Å². The number of carbonyl (C=O) groups excluding carboxylic acids is 1. The standard InChI is InChI=1S/C37H48O/c1-27-15-16-30(25-27)17-18-33-26-34(37(38)14-8-6-12-29-10-4-5-11-29)23-24-36(33)32-21-19-31(20-22-32)35-13-7-3-9-28(35)2/h3,7,9,13,15-16,23-24,26,29,31-32H,4-6,8,10-12,14,17-22,25H2,1-2H3. The molecule has 3 aliphatic carbocycles. The highest BCUT2D eigenvalue weighted by Gasteiger charge is 2.26. The number of hydrogen-bond donors (Lipinski definition) is 0. The Labute approximate surface area is 231 Å². The van der Waals surface area contributed by atoms with Gasteiger partial charge in [-0.05, 0) is 111 Å². The van der Waals surface area contributed by atoms with E-state index in [2.05, 4.69) is 68.5 Å². The molecule has 0 radical (unpaired) electrons. The summed E-state index contributed by atoms with van der Waals surface area (Å²) in [7, 11) is 0. The first-order valence-electron chi connectivity index (χ1n) is 15.6. The zero-order chi connectivity index (χ0) is 26.3. The van der Waals surface area contributed by atoms with E-state index in [0.29, 0.717) is 24.0 Å². The van der Waals surface area contributed by atoms with Crippen LogP contribution in [0.2, 0.25) is 0 Å². The van der Waals surface area contributed by atoms with Crippen molar-refractivity contribution in [2.75, 3.05) is 0 Å². The number of ketones is 1. The van der Waals surface area contributed by atoms with Crippen LogP contribution in [0, 0.1) is 12.8 Å². The largest absolute Gasteiger partial charge is 0.294 e. The van der Waals surface area contributed by atoms with Crippen molar-refractivity contribution in [2.45, 2.75) is 122 Å². The lowest BCUT2D eigenvalue weighted by molar-refractivity contribution is 0.0978. The maximum Gasteiger partial charge on any atom is 0.162 e. The summed E-state index contributed by atoms with van der Waals surface area (Å²) in [6.45, 7) is 4.49. The minimum Gasteiger partial charge on any atom is -0.294 e. The normalized spacial score (nSPS) is 21.9. The highest BCUT2D eigenvalue weighted by atomic mass is 16.1. The third-order valence-corrected chi connectivity index (χ3v) is 9.83. The van der Waals surface area contributed by atoms with Gasteiger partial charge in [-0.3, -0.25) is 4.79 Å². The molecule has 0 aromatic heterocycles. The van der Waals surface area contributed by atoms with Crippen LogP contribution in [0.25, 0.3) is 0 Å². The van der Waals surface area contributed by atoms with Gasteiger partial charge in [-0.1, -0.05) is 98.2 Å². The topological polar surface area (TPSA) is 17.1 Å². The Balaban J connectivity index is 1.24. The Morgan fingerprint density at radius 2 is 1.53 bits per heavy atom. The zero-order valence-electron chi connectivity index (χ0n) is 23.9. The van der Waals surface area contributed by atoms with Crippen molar-refractivity contribution >= 4 is 5.78 Å². The van der Waals surface area contributed by atoms with Crippen LogP contribution in [0.15, 0.2) is 65.8 Å². The van der Waals surface area contributed by atoms with Crippen LogP contribution in [0.3, 0.4) is 0 Å². The molecule has 0 heterocycles. The zero-order valence-corrected chi connectivity index (χ0v) is 23.9. The summed E-state index contributed by atoms with van der Waals surface area (Å²) in [5.74, 6) is 2.60. The van der Waals surface area contributed by atoms with Crippen molar-refractivity contribution in [1.29, 1.82) is 0 Å². The summed E-state index contributed by atoms with van der Waals surface area (Å²) in [6, 6.07) is 15.7. The Bertz CT molecular complexity index is 1150. The van der Waals surface area contributed by atoms with Gasteiger partial charge in [-0.2, -0.15) is 0 Å². The van der Waals surface area contributed by atoms with Gasteiger partial charge in [0, 0.05) is 12.0 Å². The monoisotopic (exact) mass is 508 g/mol. The van der Waals surface area contributed by atoms with E-state index >= 15 is 0 Å². The second-order valence-corrected chi connectivity index (χ2v) is 12.7. The molecule has 1 nitrogen and oxygen atoms in total. The minimum absolute atomic E-state index is 0.352. The number of unbranched alkanes of at least 4 members (excludes halogenated alkanes) is 1. The second kappa shape index (κ2) is 13.1. The molecule has 0 saturated heterocycles. The van der Waals surface area contributed by atoms with Crippen LogP contribution in [0.1, 0.15) is 141 Å². The number of benzene rings is 2. The summed E-state index contributed by atoms with van der Waals surface area (Å²) in [4.78, 5) is 13.2. The molecule has 2 fully saturated rings. The maximum atomic E-state index is 13.2. The third kappa shape index (κ3) is 6.96. The van der Waals surface area contributed by atoms with Crippen molar-refractivity contribution in [1.82, 2.24) is 0 Å². The van der Waals surface area contributed by atoms with Gasteiger partial charge >= 0.3 is 0 Å². The fourth-order valence-corrected chi connectivity index (χ4v) is 7.52. The van der Waals surface area contributed by atoms with E-state index < -0.39 is 0 Å². The minimum atomic E-state index is 0.352. The number of carbonyl (C=O) groups is 1. The van der Waals surface area contributed by atoms with E-state index in [-0.39, 0.29) is 0 Å². The Morgan fingerprint density at radius 3 is 2.24 bits per heavy atom. The molecule has 0 N–H and O–H groups in total. The van der Waals surface area contributed by atoms with Gasteiger partial charge in [-0.25, -0.2) is 0 Å². The Kier molecular flexibility index (Phi) is 9.36. The summed E-state index contributed by atoms with van der Waals surface area (Å²) in [5, 5.41) is 0. The SMILES string of the molecule is CC1=CC=C(CCc2cc(C(=O)CCCCC3CCCC3)ccc2C2CCC(c3ccccc3C)CC2)C1. The summed E-state index contributed by atoms with van der Waals surface area (Å²) >= 11 is 0. The van der Waals surface area contributed by atoms with E-state index in [1.807, 2.05) is 0 Å². The molecular formula is C37H48O. The molecule has 1 heteroatoms.